The van der Waals surface area contributed by atoms with Gasteiger partial charge in [0.2, 0.25) is 0 Å². The first-order valence-corrected chi connectivity index (χ1v) is 14.0. The zero-order chi connectivity index (χ0) is 25.5. The molecule has 0 spiro atoms. The Kier molecular flexibility index (Phi) is 8.90. The van der Waals surface area contributed by atoms with Gasteiger partial charge in [-0.2, -0.15) is 0 Å². The van der Waals surface area contributed by atoms with Gasteiger partial charge in [-0.1, -0.05) is 127 Å². The Morgan fingerprint density at radius 1 is 0.667 bits per heavy atom. The van der Waals surface area contributed by atoms with Crippen LogP contribution in [-0.2, 0) is 5.60 Å². The fourth-order valence-corrected chi connectivity index (χ4v) is 5.67. The topological polar surface area (TPSA) is 29.5 Å². The van der Waals surface area contributed by atoms with Gasteiger partial charge in [0.25, 0.3) is 0 Å². The molecule has 3 aromatic rings. The van der Waals surface area contributed by atoms with Gasteiger partial charge in [0, 0.05) is 11.1 Å². The minimum atomic E-state index is -1.16. The van der Waals surface area contributed by atoms with Crippen molar-refractivity contribution in [2.75, 3.05) is 6.61 Å². The Morgan fingerprint density at radius 2 is 1.28 bits per heavy atom. The molecule has 0 heterocycles. The number of fused-ring (bicyclic) bond motifs is 3. The summed E-state index contributed by atoms with van der Waals surface area (Å²) in [6, 6.07) is 24.4. The molecule has 0 fully saturated rings. The van der Waals surface area contributed by atoms with Crippen LogP contribution in [0.1, 0.15) is 89.3 Å². The van der Waals surface area contributed by atoms with Gasteiger partial charge in [0.15, 0.2) is 0 Å². The first-order chi connectivity index (χ1) is 17.4. The minimum Gasteiger partial charge on any atom is -0.494 e. The molecule has 1 aliphatic carbocycles. The Balaban J connectivity index is 1.33. The normalized spacial score (nSPS) is 18.1. The molecule has 2 nitrogen and oxygen atoms in total. The molecule has 192 valence electrons. The third kappa shape index (κ3) is 6.03. The third-order valence-corrected chi connectivity index (χ3v) is 7.93. The van der Waals surface area contributed by atoms with Gasteiger partial charge < -0.3 is 9.84 Å². The van der Waals surface area contributed by atoms with Crippen LogP contribution >= 0.6 is 0 Å². The first-order valence-electron chi connectivity index (χ1n) is 14.0. The van der Waals surface area contributed by atoms with Gasteiger partial charge >= 0.3 is 0 Å². The number of ether oxygens (including phenoxy) is 1. The lowest BCUT2D eigenvalue weighted by Crippen LogP contribution is -2.26. The molecule has 1 N–H and O–H groups in total. The summed E-state index contributed by atoms with van der Waals surface area (Å²) in [5, 5.41) is 12.1. The molecule has 2 heteroatoms. The van der Waals surface area contributed by atoms with E-state index < -0.39 is 5.60 Å². The quantitative estimate of drug-likeness (QED) is 0.262. The number of hydrogen-bond acceptors (Lipinski definition) is 2. The van der Waals surface area contributed by atoms with Crippen molar-refractivity contribution in [3.8, 4) is 16.9 Å². The van der Waals surface area contributed by atoms with E-state index in [0.29, 0.717) is 12.5 Å². The first kappa shape index (κ1) is 26.5. The van der Waals surface area contributed by atoms with E-state index in [9.17, 15) is 5.11 Å². The number of rotatable bonds is 13. The summed E-state index contributed by atoms with van der Waals surface area (Å²) in [7, 11) is 0. The Bertz CT molecular complexity index is 1100. The molecule has 3 aromatic carbocycles. The number of hydrogen-bond donors (Lipinski definition) is 1. The van der Waals surface area contributed by atoms with Crippen LogP contribution in [-0.4, -0.2) is 11.7 Å². The molecule has 3 atom stereocenters. The third-order valence-electron chi connectivity index (χ3n) is 7.93. The predicted molar refractivity (Wildman–Crippen MR) is 151 cm³/mol. The fourth-order valence-electron chi connectivity index (χ4n) is 5.67. The van der Waals surface area contributed by atoms with E-state index in [0.717, 1.165) is 51.8 Å². The molecule has 0 saturated carbocycles. The van der Waals surface area contributed by atoms with Crippen LogP contribution in [0.2, 0.25) is 0 Å². The van der Waals surface area contributed by atoms with Crippen molar-refractivity contribution in [2.24, 2.45) is 17.8 Å². The van der Waals surface area contributed by atoms with Crippen LogP contribution in [0, 0.1) is 17.8 Å². The average molecular weight is 485 g/mol. The standard InChI is InChI=1S/C34H44O2/c1-25(2)12-10-13-26(3)14-11-15-27(4)22-23-36-29-20-21-31-30-18-8-9-19-32(30)34(35,33(31)24-29)28-16-6-5-7-17-28/h5-9,16-21,24-27,35H,10-15,22-23H2,1-4H3. The molecule has 4 rings (SSSR count). The lowest BCUT2D eigenvalue weighted by atomic mass is 9.84. The van der Waals surface area contributed by atoms with E-state index in [4.69, 9.17) is 4.74 Å². The second-order valence-electron chi connectivity index (χ2n) is 11.4. The van der Waals surface area contributed by atoms with Crippen LogP contribution in [0.4, 0.5) is 0 Å². The largest absolute Gasteiger partial charge is 0.494 e. The Labute approximate surface area is 218 Å². The molecule has 3 unspecified atom stereocenters. The monoisotopic (exact) mass is 484 g/mol. The molecule has 36 heavy (non-hydrogen) atoms. The molecule has 0 bridgehead atoms. The zero-order valence-electron chi connectivity index (χ0n) is 22.7. The lowest BCUT2D eigenvalue weighted by molar-refractivity contribution is 0.130. The highest BCUT2D eigenvalue weighted by Crippen LogP contribution is 2.51. The smallest absolute Gasteiger partial charge is 0.141 e. The van der Waals surface area contributed by atoms with Crippen molar-refractivity contribution in [1.29, 1.82) is 0 Å². The summed E-state index contributed by atoms with van der Waals surface area (Å²) in [5.74, 6) is 3.16. The van der Waals surface area contributed by atoms with Crippen molar-refractivity contribution < 1.29 is 9.84 Å². The number of aliphatic hydroxyl groups is 1. The molecule has 0 radical (unpaired) electrons. The van der Waals surface area contributed by atoms with Crippen LogP contribution in [0.3, 0.4) is 0 Å². The van der Waals surface area contributed by atoms with Gasteiger partial charge in [-0.3, -0.25) is 0 Å². The molecular weight excluding hydrogens is 440 g/mol. The maximum absolute atomic E-state index is 12.1. The molecule has 1 aliphatic rings. The lowest BCUT2D eigenvalue weighted by Gasteiger charge is -2.26. The van der Waals surface area contributed by atoms with E-state index in [2.05, 4.69) is 45.9 Å². The van der Waals surface area contributed by atoms with Crippen molar-refractivity contribution >= 4 is 0 Å². The summed E-state index contributed by atoms with van der Waals surface area (Å²) >= 11 is 0. The van der Waals surface area contributed by atoms with Gasteiger partial charge in [-0.25, -0.2) is 0 Å². The zero-order valence-corrected chi connectivity index (χ0v) is 22.7. The number of benzene rings is 3. The van der Waals surface area contributed by atoms with E-state index in [1.165, 1.54) is 38.5 Å². The van der Waals surface area contributed by atoms with Crippen molar-refractivity contribution in [3.05, 3.63) is 89.5 Å². The molecule has 0 amide bonds. The maximum atomic E-state index is 12.1. The Morgan fingerprint density at radius 3 is 2.00 bits per heavy atom. The summed E-state index contributed by atoms with van der Waals surface area (Å²) in [6.45, 7) is 10.1. The molecule has 0 aromatic heterocycles. The van der Waals surface area contributed by atoms with E-state index in [1.807, 2.05) is 54.6 Å². The second-order valence-corrected chi connectivity index (χ2v) is 11.4. The molecule has 0 aliphatic heterocycles. The SMILES string of the molecule is CC(C)CCCC(C)CCCC(C)CCOc1ccc2c(c1)C(O)(c1ccccc1)c1ccccc1-2. The van der Waals surface area contributed by atoms with Crippen molar-refractivity contribution in [3.63, 3.8) is 0 Å². The summed E-state index contributed by atoms with van der Waals surface area (Å²) < 4.78 is 6.22. The van der Waals surface area contributed by atoms with Crippen LogP contribution in [0.25, 0.3) is 11.1 Å². The van der Waals surface area contributed by atoms with Gasteiger partial charge in [0.05, 0.1) is 6.61 Å². The Hall–Kier alpha value is -2.58. The maximum Gasteiger partial charge on any atom is 0.141 e. The van der Waals surface area contributed by atoms with Crippen LogP contribution in [0.5, 0.6) is 5.75 Å². The summed E-state index contributed by atoms with van der Waals surface area (Å²) in [4.78, 5) is 0. The van der Waals surface area contributed by atoms with Crippen LogP contribution < -0.4 is 4.74 Å². The highest BCUT2D eigenvalue weighted by Gasteiger charge is 2.43. The highest BCUT2D eigenvalue weighted by atomic mass is 16.5. The average Bonchev–Trinajstić information content (AvgIpc) is 3.13. The molecular formula is C34H44O2. The van der Waals surface area contributed by atoms with Crippen LogP contribution in [0.15, 0.2) is 72.8 Å². The molecule has 0 saturated heterocycles. The highest BCUT2D eigenvalue weighted by molar-refractivity contribution is 5.82. The summed E-state index contributed by atoms with van der Waals surface area (Å²) in [5.41, 5.74) is 3.76. The van der Waals surface area contributed by atoms with E-state index in [1.54, 1.807) is 0 Å². The van der Waals surface area contributed by atoms with E-state index in [-0.39, 0.29) is 0 Å². The summed E-state index contributed by atoms with van der Waals surface area (Å²) in [6.07, 6.45) is 9.07. The van der Waals surface area contributed by atoms with E-state index >= 15 is 0 Å². The van der Waals surface area contributed by atoms with Crippen molar-refractivity contribution in [2.45, 2.75) is 78.2 Å². The van der Waals surface area contributed by atoms with Gasteiger partial charge in [-0.15, -0.1) is 0 Å². The van der Waals surface area contributed by atoms with Gasteiger partial charge in [0.1, 0.15) is 11.4 Å². The fraction of sp³-hybridized carbons (Fsp3) is 0.471. The predicted octanol–water partition coefficient (Wildman–Crippen LogP) is 8.99. The van der Waals surface area contributed by atoms with Gasteiger partial charge in [-0.05, 0) is 53.0 Å². The minimum absolute atomic E-state index is 0.660. The second kappa shape index (κ2) is 12.1. The van der Waals surface area contributed by atoms with Crippen molar-refractivity contribution in [1.82, 2.24) is 0 Å².